The van der Waals surface area contributed by atoms with Gasteiger partial charge >= 0.3 is 0 Å². The van der Waals surface area contributed by atoms with E-state index in [0.717, 1.165) is 15.6 Å². The molecule has 5 heteroatoms. The number of carbonyl (C=O) groups excluding carboxylic acids is 1. The van der Waals surface area contributed by atoms with Gasteiger partial charge in [0, 0.05) is 30.9 Å². The van der Waals surface area contributed by atoms with E-state index < -0.39 is 0 Å². The number of rotatable bonds is 3. The molecule has 2 rings (SSSR count). The van der Waals surface area contributed by atoms with E-state index in [4.69, 9.17) is 5.73 Å². The van der Waals surface area contributed by atoms with E-state index in [1.54, 1.807) is 26.4 Å². The first kappa shape index (κ1) is 13.4. The Labute approximate surface area is 116 Å². The standard InChI is InChI=1S/C14H15N3OS/c1-17(2)14(18)10-3-8-13(16-9-10)19-12-6-4-11(15)5-7-12/h3-9H,15H2,1-2H3. The van der Waals surface area contributed by atoms with Crippen molar-refractivity contribution in [3.05, 3.63) is 48.2 Å². The number of nitrogens with two attached hydrogens (primary N) is 1. The number of carbonyl (C=O) groups is 1. The maximum atomic E-state index is 11.7. The molecule has 1 aromatic carbocycles. The topological polar surface area (TPSA) is 59.2 Å². The van der Waals surface area contributed by atoms with Gasteiger partial charge in [-0.05, 0) is 36.4 Å². The fourth-order valence-electron chi connectivity index (χ4n) is 1.48. The van der Waals surface area contributed by atoms with E-state index in [-0.39, 0.29) is 5.91 Å². The lowest BCUT2D eigenvalue weighted by Gasteiger charge is -2.09. The molecule has 0 aliphatic heterocycles. The highest BCUT2D eigenvalue weighted by Gasteiger charge is 2.08. The maximum absolute atomic E-state index is 11.7. The van der Waals surface area contributed by atoms with E-state index in [2.05, 4.69) is 4.98 Å². The second-order valence-electron chi connectivity index (χ2n) is 4.26. The van der Waals surface area contributed by atoms with Crippen LogP contribution in [-0.2, 0) is 0 Å². The first-order chi connectivity index (χ1) is 9.06. The predicted molar refractivity (Wildman–Crippen MR) is 77.2 cm³/mol. The first-order valence-electron chi connectivity index (χ1n) is 5.77. The maximum Gasteiger partial charge on any atom is 0.254 e. The summed E-state index contributed by atoms with van der Waals surface area (Å²) in [5, 5.41) is 0.847. The van der Waals surface area contributed by atoms with Crippen molar-refractivity contribution in [1.82, 2.24) is 9.88 Å². The first-order valence-corrected chi connectivity index (χ1v) is 6.59. The average molecular weight is 273 g/mol. The van der Waals surface area contributed by atoms with Crippen molar-refractivity contribution in [2.45, 2.75) is 9.92 Å². The van der Waals surface area contributed by atoms with E-state index in [9.17, 15) is 4.79 Å². The van der Waals surface area contributed by atoms with Crippen molar-refractivity contribution >= 4 is 23.4 Å². The molecular formula is C14H15N3OS. The smallest absolute Gasteiger partial charge is 0.254 e. The molecule has 0 saturated carbocycles. The minimum atomic E-state index is -0.0449. The summed E-state index contributed by atoms with van der Waals surface area (Å²) >= 11 is 1.53. The zero-order chi connectivity index (χ0) is 13.8. The van der Waals surface area contributed by atoms with Crippen LogP contribution >= 0.6 is 11.8 Å². The second-order valence-corrected chi connectivity index (χ2v) is 5.35. The Kier molecular flexibility index (Phi) is 4.06. The monoisotopic (exact) mass is 273 g/mol. The van der Waals surface area contributed by atoms with Crippen LogP contribution in [0.5, 0.6) is 0 Å². The van der Waals surface area contributed by atoms with Crippen LogP contribution in [0.15, 0.2) is 52.5 Å². The zero-order valence-electron chi connectivity index (χ0n) is 10.8. The highest BCUT2D eigenvalue weighted by Crippen LogP contribution is 2.26. The number of pyridine rings is 1. The Hall–Kier alpha value is -2.01. The van der Waals surface area contributed by atoms with Gasteiger partial charge in [-0.3, -0.25) is 4.79 Å². The van der Waals surface area contributed by atoms with Crippen LogP contribution in [0.25, 0.3) is 0 Å². The predicted octanol–water partition coefficient (Wildman–Crippen LogP) is 2.52. The van der Waals surface area contributed by atoms with Gasteiger partial charge in [0.15, 0.2) is 0 Å². The van der Waals surface area contributed by atoms with Crippen LogP contribution in [0.3, 0.4) is 0 Å². The van der Waals surface area contributed by atoms with Crippen molar-refractivity contribution in [2.24, 2.45) is 0 Å². The minimum Gasteiger partial charge on any atom is -0.399 e. The van der Waals surface area contributed by atoms with Crippen LogP contribution in [-0.4, -0.2) is 29.9 Å². The molecule has 2 aromatic rings. The Balaban J connectivity index is 2.10. The van der Waals surface area contributed by atoms with Gasteiger partial charge in [0.1, 0.15) is 5.03 Å². The summed E-state index contributed by atoms with van der Waals surface area (Å²) < 4.78 is 0. The lowest BCUT2D eigenvalue weighted by atomic mass is 10.2. The Morgan fingerprint density at radius 3 is 2.37 bits per heavy atom. The number of hydrogen-bond donors (Lipinski definition) is 1. The normalized spacial score (nSPS) is 10.2. The summed E-state index contributed by atoms with van der Waals surface area (Å²) in [6.45, 7) is 0. The number of benzene rings is 1. The minimum absolute atomic E-state index is 0.0449. The number of anilines is 1. The third kappa shape index (κ3) is 3.48. The van der Waals surface area contributed by atoms with E-state index in [0.29, 0.717) is 5.56 Å². The Morgan fingerprint density at radius 1 is 1.16 bits per heavy atom. The summed E-state index contributed by atoms with van der Waals surface area (Å²) in [4.78, 5) is 18.6. The molecule has 19 heavy (non-hydrogen) atoms. The van der Waals surface area contributed by atoms with Gasteiger partial charge in [-0.25, -0.2) is 4.98 Å². The summed E-state index contributed by atoms with van der Waals surface area (Å²) in [7, 11) is 3.44. The van der Waals surface area contributed by atoms with Crippen LogP contribution in [0, 0.1) is 0 Å². The van der Waals surface area contributed by atoms with Crippen LogP contribution in [0.1, 0.15) is 10.4 Å². The fourth-order valence-corrected chi connectivity index (χ4v) is 2.24. The SMILES string of the molecule is CN(C)C(=O)c1ccc(Sc2ccc(N)cc2)nc1. The van der Waals surface area contributed by atoms with Crippen LogP contribution in [0.4, 0.5) is 5.69 Å². The highest BCUT2D eigenvalue weighted by atomic mass is 32.2. The van der Waals surface area contributed by atoms with Gasteiger partial charge in [-0.15, -0.1) is 0 Å². The fraction of sp³-hybridized carbons (Fsp3) is 0.143. The molecule has 1 heterocycles. The van der Waals surface area contributed by atoms with Crippen LogP contribution < -0.4 is 5.73 Å². The molecule has 1 amide bonds. The van der Waals surface area contributed by atoms with Crippen molar-refractivity contribution in [1.29, 1.82) is 0 Å². The Bertz CT molecular complexity index is 564. The molecule has 0 atom stereocenters. The van der Waals surface area contributed by atoms with Gasteiger partial charge in [-0.2, -0.15) is 0 Å². The van der Waals surface area contributed by atoms with Crippen LogP contribution in [0.2, 0.25) is 0 Å². The Morgan fingerprint density at radius 2 is 1.84 bits per heavy atom. The molecule has 0 radical (unpaired) electrons. The number of nitrogens with zero attached hydrogens (tertiary/aromatic N) is 2. The van der Waals surface area contributed by atoms with Gasteiger partial charge < -0.3 is 10.6 Å². The molecular weight excluding hydrogens is 258 g/mol. The molecule has 0 unspecified atom stereocenters. The summed E-state index contributed by atoms with van der Waals surface area (Å²) in [5.74, 6) is -0.0449. The molecule has 0 fully saturated rings. The molecule has 0 spiro atoms. The molecule has 4 nitrogen and oxygen atoms in total. The highest BCUT2D eigenvalue weighted by molar-refractivity contribution is 7.99. The largest absolute Gasteiger partial charge is 0.399 e. The lowest BCUT2D eigenvalue weighted by molar-refractivity contribution is 0.0827. The average Bonchev–Trinajstić information content (AvgIpc) is 2.41. The number of aromatic nitrogens is 1. The molecule has 0 aliphatic carbocycles. The zero-order valence-corrected chi connectivity index (χ0v) is 11.6. The number of hydrogen-bond acceptors (Lipinski definition) is 4. The quantitative estimate of drug-likeness (QED) is 0.873. The van der Waals surface area contributed by atoms with Gasteiger partial charge in [0.2, 0.25) is 0 Å². The van der Waals surface area contributed by atoms with Crippen molar-refractivity contribution < 1.29 is 4.79 Å². The second kappa shape index (κ2) is 5.75. The van der Waals surface area contributed by atoms with Crippen molar-refractivity contribution in [3.8, 4) is 0 Å². The third-order valence-corrected chi connectivity index (χ3v) is 3.45. The van der Waals surface area contributed by atoms with Gasteiger partial charge in [-0.1, -0.05) is 11.8 Å². The summed E-state index contributed by atoms with van der Waals surface area (Å²) in [6, 6.07) is 11.2. The van der Waals surface area contributed by atoms with Crippen molar-refractivity contribution in [2.75, 3.05) is 19.8 Å². The van der Waals surface area contributed by atoms with Gasteiger partial charge in [0.25, 0.3) is 5.91 Å². The molecule has 98 valence electrons. The van der Waals surface area contributed by atoms with E-state index in [1.807, 2.05) is 30.3 Å². The molecule has 2 N–H and O–H groups in total. The summed E-state index contributed by atoms with van der Waals surface area (Å²) in [5.41, 5.74) is 6.96. The number of amides is 1. The van der Waals surface area contributed by atoms with Gasteiger partial charge in [0.05, 0.1) is 5.56 Å². The molecule has 1 aromatic heterocycles. The van der Waals surface area contributed by atoms with E-state index in [1.165, 1.54) is 16.7 Å². The van der Waals surface area contributed by atoms with E-state index >= 15 is 0 Å². The van der Waals surface area contributed by atoms with Crippen molar-refractivity contribution in [3.63, 3.8) is 0 Å². The number of nitrogen functional groups attached to an aromatic ring is 1. The molecule has 0 aliphatic rings. The summed E-state index contributed by atoms with van der Waals surface area (Å²) in [6.07, 6.45) is 1.60. The molecule has 0 bridgehead atoms. The third-order valence-electron chi connectivity index (χ3n) is 2.49. The lowest BCUT2D eigenvalue weighted by Crippen LogP contribution is -2.21. The molecule has 0 saturated heterocycles.